The van der Waals surface area contributed by atoms with Gasteiger partial charge in [-0.15, -0.1) is 0 Å². The first-order chi connectivity index (χ1) is 14.8. The highest BCUT2D eigenvalue weighted by Gasteiger charge is 2.20. The summed E-state index contributed by atoms with van der Waals surface area (Å²) in [4.78, 5) is 39.6. The van der Waals surface area contributed by atoms with Crippen molar-refractivity contribution >= 4 is 40.0 Å². The Hall–Kier alpha value is -2.65. The number of rotatable bonds is 6. The first-order valence-electron chi connectivity index (χ1n) is 10.1. The molecule has 10 heteroatoms. The van der Waals surface area contributed by atoms with Crippen LogP contribution in [0.5, 0.6) is 0 Å². The Labute approximate surface area is 187 Å². The third kappa shape index (κ3) is 3.99. The Morgan fingerprint density at radius 3 is 2.61 bits per heavy atom. The van der Waals surface area contributed by atoms with Crippen LogP contribution in [0, 0.1) is 0 Å². The topological polar surface area (TPSA) is 87.1 Å². The summed E-state index contributed by atoms with van der Waals surface area (Å²) in [6, 6.07) is 3.65. The number of halogens is 1. The van der Waals surface area contributed by atoms with Gasteiger partial charge in [-0.1, -0.05) is 44.1 Å². The minimum absolute atomic E-state index is 0.0512. The quantitative estimate of drug-likeness (QED) is 0.324. The summed E-state index contributed by atoms with van der Waals surface area (Å²) in [7, 11) is 1.49. The van der Waals surface area contributed by atoms with Crippen LogP contribution in [-0.4, -0.2) is 28.5 Å². The van der Waals surface area contributed by atoms with Crippen molar-refractivity contribution in [3.05, 3.63) is 61.9 Å². The SMILES string of the molecule is CCCn1c(=O)n(C)c(=O)c2c(SCc3cn4cc(Cl)ccc4n3)nc(C(C)C)nc21. The molecular weight excluding hydrogens is 436 g/mol. The van der Waals surface area contributed by atoms with Crippen LogP contribution in [0.2, 0.25) is 5.02 Å². The van der Waals surface area contributed by atoms with Gasteiger partial charge in [0.25, 0.3) is 5.56 Å². The van der Waals surface area contributed by atoms with Crippen molar-refractivity contribution < 1.29 is 0 Å². The third-order valence-corrected chi connectivity index (χ3v) is 6.18. The Morgan fingerprint density at radius 2 is 1.90 bits per heavy atom. The summed E-state index contributed by atoms with van der Waals surface area (Å²) < 4.78 is 4.57. The predicted molar refractivity (Wildman–Crippen MR) is 123 cm³/mol. The van der Waals surface area contributed by atoms with E-state index in [1.165, 1.54) is 18.8 Å². The van der Waals surface area contributed by atoms with Gasteiger partial charge in [0.05, 0.1) is 10.7 Å². The van der Waals surface area contributed by atoms with Gasteiger partial charge in [-0.2, -0.15) is 0 Å². The van der Waals surface area contributed by atoms with Gasteiger partial charge >= 0.3 is 5.69 Å². The molecule has 4 aromatic rings. The number of imidazole rings is 1. The van der Waals surface area contributed by atoms with Gasteiger partial charge < -0.3 is 4.40 Å². The monoisotopic (exact) mass is 458 g/mol. The fraction of sp³-hybridized carbons (Fsp3) is 0.381. The molecule has 0 aliphatic heterocycles. The largest absolute Gasteiger partial charge is 0.332 e. The second-order valence-corrected chi connectivity index (χ2v) is 9.07. The predicted octanol–water partition coefficient (Wildman–Crippen LogP) is 3.62. The summed E-state index contributed by atoms with van der Waals surface area (Å²) >= 11 is 7.48. The number of nitrogens with zero attached hydrogens (tertiary/aromatic N) is 6. The van der Waals surface area contributed by atoms with Crippen LogP contribution in [0.25, 0.3) is 16.7 Å². The third-order valence-electron chi connectivity index (χ3n) is 4.95. The van der Waals surface area contributed by atoms with Gasteiger partial charge in [0, 0.05) is 37.7 Å². The molecule has 0 atom stereocenters. The lowest BCUT2D eigenvalue weighted by atomic mass is 10.2. The van der Waals surface area contributed by atoms with Crippen LogP contribution in [0.4, 0.5) is 0 Å². The lowest BCUT2D eigenvalue weighted by molar-refractivity contribution is 0.603. The normalized spacial score (nSPS) is 11.8. The first kappa shape index (κ1) is 21.6. The molecule has 0 aromatic carbocycles. The van der Waals surface area contributed by atoms with Crippen LogP contribution < -0.4 is 11.2 Å². The molecule has 0 bridgehead atoms. The highest BCUT2D eigenvalue weighted by Crippen LogP contribution is 2.27. The molecule has 0 fully saturated rings. The number of pyridine rings is 1. The van der Waals surface area contributed by atoms with E-state index >= 15 is 0 Å². The summed E-state index contributed by atoms with van der Waals surface area (Å²) in [6.45, 7) is 6.45. The van der Waals surface area contributed by atoms with Gasteiger partial charge in [-0.25, -0.2) is 19.7 Å². The van der Waals surface area contributed by atoms with Crippen LogP contribution in [0.3, 0.4) is 0 Å². The van der Waals surface area contributed by atoms with Crippen molar-refractivity contribution in [2.24, 2.45) is 7.05 Å². The fourth-order valence-corrected chi connectivity index (χ4v) is 4.44. The summed E-state index contributed by atoms with van der Waals surface area (Å²) in [6.07, 6.45) is 4.46. The van der Waals surface area contributed by atoms with Gasteiger partial charge in [0.2, 0.25) is 0 Å². The molecule has 0 radical (unpaired) electrons. The number of hydrogen-bond donors (Lipinski definition) is 0. The molecule has 0 N–H and O–H groups in total. The van der Waals surface area contributed by atoms with Crippen molar-refractivity contribution in [2.75, 3.05) is 0 Å². The zero-order valence-corrected chi connectivity index (χ0v) is 19.4. The molecule has 0 aliphatic carbocycles. The van der Waals surface area contributed by atoms with Crippen LogP contribution in [0.1, 0.15) is 44.6 Å². The van der Waals surface area contributed by atoms with Crippen LogP contribution in [0.15, 0.2) is 39.1 Å². The number of aromatic nitrogens is 6. The van der Waals surface area contributed by atoms with E-state index in [1.54, 1.807) is 16.8 Å². The molecule has 0 saturated carbocycles. The molecule has 0 spiro atoms. The molecule has 8 nitrogen and oxygen atoms in total. The van der Waals surface area contributed by atoms with Crippen molar-refractivity contribution in [1.82, 2.24) is 28.5 Å². The number of thioether (sulfide) groups is 1. The Bertz CT molecular complexity index is 1410. The zero-order valence-electron chi connectivity index (χ0n) is 17.8. The number of aryl methyl sites for hydroxylation is 1. The molecular formula is C21H23ClN6O2S. The fourth-order valence-electron chi connectivity index (χ4n) is 3.37. The highest BCUT2D eigenvalue weighted by atomic mass is 35.5. The van der Waals surface area contributed by atoms with E-state index in [9.17, 15) is 9.59 Å². The molecule has 0 amide bonds. The lowest BCUT2D eigenvalue weighted by Crippen LogP contribution is -2.39. The molecule has 0 unspecified atom stereocenters. The average Bonchev–Trinajstić information content (AvgIpc) is 3.15. The minimum atomic E-state index is -0.382. The van der Waals surface area contributed by atoms with E-state index in [0.717, 1.165) is 22.3 Å². The maximum atomic E-state index is 13.0. The Morgan fingerprint density at radius 1 is 1.13 bits per heavy atom. The van der Waals surface area contributed by atoms with Crippen molar-refractivity contribution in [2.45, 2.75) is 50.4 Å². The molecule has 162 valence electrons. The van der Waals surface area contributed by atoms with Crippen molar-refractivity contribution in [1.29, 1.82) is 0 Å². The van der Waals surface area contributed by atoms with Crippen molar-refractivity contribution in [3.8, 4) is 0 Å². The smallest absolute Gasteiger partial charge is 0.305 e. The molecule has 0 saturated heterocycles. The van der Waals surface area contributed by atoms with Gasteiger partial charge in [-0.3, -0.25) is 13.9 Å². The van der Waals surface area contributed by atoms with Crippen molar-refractivity contribution in [3.63, 3.8) is 0 Å². The molecule has 31 heavy (non-hydrogen) atoms. The van der Waals surface area contributed by atoms with E-state index in [1.807, 2.05) is 37.4 Å². The maximum Gasteiger partial charge on any atom is 0.332 e. The lowest BCUT2D eigenvalue weighted by Gasteiger charge is -2.14. The molecule has 4 aromatic heterocycles. The van der Waals surface area contributed by atoms with Crippen LogP contribution >= 0.6 is 23.4 Å². The molecule has 4 heterocycles. The maximum absolute atomic E-state index is 13.0. The summed E-state index contributed by atoms with van der Waals surface area (Å²) in [5.41, 5.74) is 1.29. The summed E-state index contributed by atoms with van der Waals surface area (Å²) in [5, 5.41) is 1.57. The second-order valence-electron chi connectivity index (χ2n) is 7.67. The van der Waals surface area contributed by atoms with E-state index < -0.39 is 0 Å². The van der Waals surface area contributed by atoms with Gasteiger partial charge in [-0.05, 0) is 18.6 Å². The molecule has 0 aliphatic rings. The van der Waals surface area contributed by atoms with E-state index in [0.29, 0.717) is 39.2 Å². The Kier molecular flexibility index (Phi) is 5.90. The Balaban J connectivity index is 1.85. The molecule has 4 rings (SSSR count). The second kappa shape index (κ2) is 8.47. The number of fused-ring (bicyclic) bond motifs is 2. The van der Waals surface area contributed by atoms with E-state index in [2.05, 4.69) is 15.0 Å². The first-order valence-corrected chi connectivity index (χ1v) is 11.4. The standard InChI is InChI=1S/C21H23ClN6O2S/c1-5-8-28-18-16(20(29)26(4)21(28)30)19(25-17(24-18)12(2)3)31-11-14-10-27-9-13(22)6-7-15(27)23-14/h6-7,9-10,12H,5,8,11H2,1-4H3. The van der Waals surface area contributed by atoms with Gasteiger partial charge in [0.15, 0.2) is 5.65 Å². The number of hydrogen-bond acceptors (Lipinski definition) is 6. The van der Waals surface area contributed by atoms with E-state index in [4.69, 9.17) is 11.6 Å². The minimum Gasteiger partial charge on any atom is -0.305 e. The summed E-state index contributed by atoms with van der Waals surface area (Å²) in [5.74, 6) is 1.17. The average molecular weight is 459 g/mol. The highest BCUT2D eigenvalue weighted by molar-refractivity contribution is 7.98. The van der Waals surface area contributed by atoms with Gasteiger partial charge in [0.1, 0.15) is 21.9 Å². The zero-order chi connectivity index (χ0) is 22.3. The van der Waals surface area contributed by atoms with E-state index in [-0.39, 0.29) is 17.2 Å². The van der Waals surface area contributed by atoms with Crippen LogP contribution in [-0.2, 0) is 19.3 Å².